The van der Waals surface area contributed by atoms with Crippen molar-refractivity contribution in [3.8, 4) is 11.3 Å². The number of aliphatic hydroxyl groups is 1. The van der Waals surface area contributed by atoms with Crippen LogP contribution in [-0.4, -0.2) is 15.9 Å². The van der Waals surface area contributed by atoms with Gasteiger partial charge in [0.2, 0.25) is 0 Å². The maximum absolute atomic E-state index is 11.7. The SMILES string of the molecule is CC(C)Cc1ccc2c3c1oc1cc[c-]c(c13)-c1ncc3ccccc3c1C2(C)C.CCC(CC)C(=O)/C=C(\O)C(CC)CC.[Ir]. The van der Waals surface area contributed by atoms with Crippen molar-refractivity contribution < 1.29 is 34.4 Å². The molecule has 2 heterocycles. The molecule has 0 fully saturated rings. The molecule has 4 nitrogen and oxygen atoms in total. The van der Waals surface area contributed by atoms with Crippen LogP contribution in [0.15, 0.2) is 71.0 Å². The first-order valence-corrected chi connectivity index (χ1v) is 16.8. The van der Waals surface area contributed by atoms with Gasteiger partial charge in [-0.1, -0.05) is 103 Å². The zero-order chi connectivity index (χ0) is 32.5. The number of aliphatic hydroxyl groups excluding tert-OH is 1. The third-order valence-electron chi connectivity index (χ3n) is 9.70. The zero-order valence-corrected chi connectivity index (χ0v) is 31.0. The van der Waals surface area contributed by atoms with Crippen LogP contribution in [0, 0.1) is 23.8 Å². The number of rotatable bonds is 9. The predicted octanol–water partition coefficient (Wildman–Crippen LogP) is 11.3. The van der Waals surface area contributed by atoms with E-state index in [1.165, 1.54) is 38.9 Å². The molecule has 3 aromatic carbocycles. The largest absolute Gasteiger partial charge is 0.512 e. The van der Waals surface area contributed by atoms with Crippen LogP contribution in [0.4, 0.5) is 0 Å². The van der Waals surface area contributed by atoms with Gasteiger partial charge in [-0.05, 0) is 76.6 Å². The molecule has 0 atom stereocenters. The Morgan fingerprint density at radius 3 is 2.28 bits per heavy atom. The van der Waals surface area contributed by atoms with Crippen molar-refractivity contribution >= 4 is 38.5 Å². The van der Waals surface area contributed by atoms with Gasteiger partial charge in [0.25, 0.3) is 0 Å². The van der Waals surface area contributed by atoms with Gasteiger partial charge in [0.15, 0.2) is 5.78 Å². The maximum atomic E-state index is 11.7. The Bertz CT molecular complexity index is 1870. The number of fused-ring (bicyclic) bond motifs is 4. The van der Waals surface area contributed by atoms with Crippen LogP contribution in [0.25, 0.3) is 44.0 Å². The Morgan fingerprint density at radius 1 is 0.957 bits per heavy atom. The van der Waals surface area contributed by atoms with Gasteiger partial charge in [-0.15, -0.1) is 17.7 Å². The Kier molecular flexibility index (Phi) is 11.3. The summed E-state index contributed by atoms with van der Waals surface area (Å²) in [6, 6.07) is 20.7. The van der Waals surface area contributed by atoms with Gasteiger partial charge >= 0.3 is 0 Å². The van der Waals surface area contributed by atoms with Crippen LogP contribution < -0.4 is 0 Å². The molecule has 6 rings (SSSR count). The van der Waals surface area contributed by atoms with E-state index >= 15 is 0 Å². The predicted molar refractivity (Wildman–Crippen MR) is 188 cm³/mol. The van der Waals surface area contributed by atoms with Gasteiger partial charge in [0.1, 0.15) is 5.58 Å². The van der Waals surface area contributed by atoms with Crippen LogP contribution in [0.2, 0.25) is 0 Å². The van der Waals surface area contributed by atoms with E-state index in [1.807, 2.05) is 46.0 Å². The molecule has 1 aliphatic carbocycles. The first-order chi connectivity index (χ1) is 21.6. The summed E-state index contributed by atoms with van der Waals surface area (Å²) in [5.41, 5.74) is 7.68. The number of ketones is 1. The van der Waals surface area contributed by atoms with Crippen LogP contribution in [0.1, 0.15) is 97.8 Å². The Labute approximate surface area is 288 Å². The minimum atomic E-state index is -0.221. The molecule has 0 amide bonds. The van der Waals surface area contributed by atoms with Crippen molar-refractivity contribution in [2.24, 2.45) is 17.8 Å². The Balaban J connectivity index is 0.000000259. The average molecular weight is 795 g/mol. The molecule has 0 spiro atoms. The number of pyridine rings is 1. The summed E-state index contributed by atoms with van der Waals surface area (Å²) in [4.78, 5) is 16.7. The molecule has 1 radical (unpaired) electrons. The standard InChI is InChI=1S/C28H24NO.C13H24O2.Ir/c1-16(2)14-17-12-13-21-24-23-20(10-7-11-22(23)30-27(17)24)26-25(28(21,3)4)19-9-6-5-8-18(19)15-29-26;1-5-10(6-2)12(14)9-13(15)11(7-3)8-4;/h5-9,11-13,15-16H,14H2,1-4H3;9-11,14H,5-8H2,1-4H3;/q-1;;/b;12-9-;. The van der Waals surface area contributed by atoms with Gasteiger partial charge < -0.3 is 14.5 Å². The Morgan fingerprint density at radius 2 is 1.63 bits per heavy atom. The first kappa shape index (κ1) is 35.6. The van der Waals surface area contributed by atoms with Crippen molar-refractivity contribution in [1.29, 1.82) is 0 Å². The summed E-state index contributed by atoms with van der Waals surface area (Å²) in [7, 11) is 0. The molecule has 0 aliphatic heterocycles. The number of carbonyl (C=O) groups is 1. The number of allylic oxidation sites excluding steroid dienone is 2. The molecule has 1 aliphatic rings. The molecule has 0 bridgehead atoms. The molecule has 0 saturated carbocycles. The number of furan rings is 1. The summed E-state index contributed by atoms with van der Waals surface area (Å²) in [5, 5.41) is 14.6. The van der Waals surface area contributed by atoms with E-state index in [9.17, 15) is 9.90 Å². The number of hydrogen-bond donors (Lipinski definition) is 1. The first-order valence-electron chi connectivity index (χ1n) is 16.8. The van der Waals surface area contributed by atoms with E-state index in [1.54, 1.807) is 0 Å². The third-order valence-corrected chi connectivity index (χ3v) is 9.70. The van der Waals surface area contributed by atoms with E-state index in [-0.39, 0.29) is 48.9 Å². The van der Waals surface area contributed by atoms with Crippen molar-refractivity contribution in [1.82, 2.24) is 4.98 Å². The summed E-state index contributed by atoms with van der Waals surface area (Å²) in [5.74, 6) is 1.12. The maximum Gasteiger partial charge on any atom is 0.162 e. The van der Waals surface area contributed by atoms with Crippen LogP contribution in [0.5, 0.6) is 0 Å². The van der Waals surface area contributed by atoms with E-state index in [4.69, 9.17) is 9.40 Å². The summed E-state index contributed by atoms with van der Waals surface area (Å²) >= 11 is 0. The average Bonchev–Trinajstić information content (AvgIpc) is 3.38. The molecular weight excluding hydrogens is 747 g/mol. The molecule has 245 valence electrons. The molecule has 5 aromatic rings. The van der Waals surface area contributed by atoms with Crippen LogP contribution in [0.3, 0.4) is 0 Å². The van der Waals surface area contributed by atoms with Crippen LogP contribution in [-0.2, 0) is 36.7 Å². The summed E-state index contributed by atoms with van der Waals surface area (Å²) in [6.07, 6.45) is 7.90. The number of carbonyl (C=O) groups excluding carboxylic acids is 1. The molecule has 0 unspecified atom stereocenters. The van der Waals surface area contributed by atoms with Gasteiger partial charge in [0, 0.05) is 49.6 Å². The van der Waals surface area contributed by atoms with Crippen molar-refractivity contribution in [2.75, 3.05) is 0 Å². The number of aromatic nitrogens is 1. The van der Waals surface area contributed by atoms with E-state index in [0.717, 1.165) is 59.9 Å². The van der Waals surface area contributed by atoms with Crippen molar-refractivity contribution in [3.63, 3.8) is 0 Å². The van der Waals surface area contributed by atoms with Gasteiger partial charge in [-0.2, -0.15) is 0 Å². The number of hydrogen-bond acceptors (Lipinski definition) is 4. The fourth-order valence-electron chi connectivity index (χ4n) is 7.12. The molecule has 1 N–H and O–H groups in total. The van der Waals surface area contributed by atoms with Gasteiger partial charge in [0.05, 0.1) is 11.3 Å². The fraction of sp³-hybridized carbons (Fsp3) is 0.415. The number of benzene rings is 3. The van der Waals surface area contributed by atoms with Crippen molar-refractivity contribution in [3.05, 3.63) is 89.3 Å². The second-order valence-electron chi connectivity index (χ2n) is 13.5. The van der Waals surface area contributed by atoms with E-state index in [0.29, 0.717) is 5.92 Å². The smallest absolute Gasteiger partial charge is 0.162 e. The Hall–Kier alpha value is -3.27. The summed E-state index contributed by atoms with van der Waals surface area (Å²) < 4.78 is 6.49. The van der Waals surface area contributed by atoms with E-state index < -0.39 is 0 Å². The second-order valence-corrected chi connectivity index (χ2v) is 13.5. The molecule has 2 aromatic heterocycles. The molecule has 0 saturated heterocycles. The molecule has 46 heavy (non-hydrogen) atoms. The normalized spacial score (nSPS) is 13.7. The second kappa shape index (κ2) is 14.7. The molecule has 5 heteroatoms. The zero-order valence-electron chi connectivity index (χ0n) is 28.6. The minimum Gasteiger partial charge on any atom is -0.512 e. The van der Waals surface area contributed by atoms with Gasteiger partial charge in [-0.3, -0.25) is 4.79 Å². The van der Waals surface area contributed by atoms with Crippen LogP contribution >= 0.6 is 0 Å². The number of nitrogens with zero attached hydrogens (tertiary/aromatic N) is 1. The van der Waals surface area contributed by atoms with Crippen molar-refractivity contribution in [2.45, 2.75) is 92.9 Å². The van der Waals surface area contributed by atoms with E-state index in [2.05, 4.69) is 70.2 Å². The quantitative estimate of drug-likeness (QED) is 0.0917. The molecular formula is C41H48IrNO3-. The third kappa shape index (κ3) is 6.46. The minimum absolute atomic E-state index is 0. The fourth-order valence-corrected chi connectivity index (χ4v) is 7.12. The van der Waals surface area contributed by atoms with Gasteiger partial charge in [-0.25, -0.2) is 0 Å². The topological polar surface area (TPSA) is 63.3 Å². The monoisotopic (exact) mass is 795 g/mol. The summed E-state index contributed by atoms with van der Waals surface area (Å²) in [6.45, 7) is 17.2.